The first-order valence-electron chi connectivity index (χ1n) is 6.95. The number of carbonyl (C=O) groups excluding carboxylic acids is 1. The molecular formula is C15H17ClN4O. The third kappa shape index (κ3) is 3.03. The lowest BCUT2D eigenvalue weighted by Gasteiger charge is -2.11. The molecule has 1 amide bonds. The summed E-state index contributed by atoms with van der Waals surface area (Å²) in [4.78, 5) is 15.9. The molecule has 1 heterocycles. The average Bonchev–Trinajstić information content (AvgIpc) is 3.24. The summed E-state index contributed by atoms with van der Waals surface area (Å²) in [6.07, 6.45) is 6.17. The maximum Gasteiger partial charge on any atom is 0.251 e. The van der Waals surface area contributed by atoms with Crippen LogP contribution in [0.25, 0.3) is 0 Å². The van der Waals surface area contributed by atoms with Gasteiger partial charge in [0.2, 0.25) is 0 Å². The molecule has 5 nitrogen and oxygen atoms in total. The van der Waals surface area contributed by atoms with E-state index < -0.39 is 0 Å². The average molecular weight is 305 g/mol. The Balaban J connectivity index is 1.75. The highest BCUT2D eigenvalue weighted by Crippen LogP contribution is 2.35. The number of imidazole rings is 1. The minimum atomic E-state index is -0.127. The number of aromatic nitrogens is 2. The van der Waals surface area contributed by atoms with E-state index in [2.05, 4.69) is 20.2 Å². The van der Waals surface area contributed by atoms with Crippen LogP contribution in [0.3, 0.4) is 0 Å². The van der Waals surface area contributed by atoms with Crippen molar-refractivity contribution >= 4 is 23.2 Å². The molecule has 0 unspecified atom stereocenters. The Kier molecular flexibility index (Phi) is 3.84. The Morgan fingerprint density at radius 2 is 2.29 bits per heavy atom. The summed E-state index contributed by atoms with van der Waals surface area (Å²) < 4.78 is 2.20. The molecule has 0 radical (unpaired) electrons. The number of benzene rings is 1. The Morgan fingerprint density at radius 1 is 1.48 bits per heavy atom. The van der Waals surface area contributed by atoms with Gasteiger partial charge < -0.3 is 15.2 Å². The molecule has 0 saturated heterocycles. The smallest absolute Gasteiger partial charge is 0.251 e. The van der Waals surface area contributed by atoms with Crippen molar-refractivity contribution in [3.05, 3.63) is 47.0 Å². The number of rotatable bonds is 5. The second-order valence-corrected chi connectivity index (χ2v) is 5.56. The van der Waals surface area contributed by atoms with E-state index in [1.165, 1.54) is 12.8 Å². The number of nitrogens with zero attached hydrogens (tertiary/aromatic N) is 2. The summed E-state index contributed by atoms with van der Waals surface area (Å²) in [6, 6.07) is 5.80. The Hall–Kier alpha value is -2.01. The topological polar surface area (TPSA) is 59.0 Å². The van der Waals surface area contributed by atoms with Gasteiger partial charge in [-0.1, -0.05) is 11.6 Å². The molecule has 0 aliphatic heterocycles. The maximum atomic E-state index is 11.7. The molecule has 0 atom stereocenters. The van der Waals surface area contributed by atoms with E-state index in [9.17, 15) is 4.79 Å². The number of carbonyl (C=O) groups is 1. The summed E-state index contributed by atoms with van der Waals surface area (Å²) in [6.45, 7) is 0.632. The highest BCUT2D eigenvalue weighted by Gasteiger charge is 2.25. The van der Waals surface area contributed by atoms with Crippen molar-refractivity contribution in [3.8, 4) is 0 Å². The SMILES string of the molecule is CNC(=O)c1ccc(Cl)c(NCc2cncn2C2CC2)c1. The van der Waals surface area contributed by atoms with Crippen LogP contribution in [0.4, 0.5) is 5.69 Å². The van der Waals surface area contributed by atoms with Gasteiger partial charge >= 0.3 is 0 Å². The molecule has 3 rings (SSSR count). The molecular weight excluding hydrogens is 288 g/mol. The number of hydrogen-bond donors (Lipinski definition) is 2. The maximum absolute atomic E-state index is 11.7. The van der Waals surface area contributed by atoms with Crippen LogP contribution in [-0.2, 0) is 6.54 Å². The minimum Gasteiger partial charge on any atom is -0.378 e. The summed E-state index contributed by atoms with van der Waals surface area (Å²) >= 11 is 6.18. The fourth-order valence-corrected chi connectivity index (χ4v) is 2.47. The van der Waals surface area contributed by atoms with Crippen LogP contribution < -0.4 is 10.6 Å². The van der Waals surface area contributed by atoms with Gasteiger partial charge in [-0.25, -0.2) is 4.98 Å². The lowest BCUT2D eigenvalue weighted by molar-refractivity contribution is 0.0963. The van der Waals surface area contributed by atoms with E-state index in [1.807, 2.05) is 12.5 Å². The Labute approximate surface area is 128 Å². The second-order valence-electron chi connectivity index (χ2n) is 5.15. The standard InChI is InChI=1S/C15H17ClN4O/c1-17-15(21)10-2-5-13(16)14(6-10)19-8-12-7-18-9-20(12)11-3-4-11/h2,5-7,9,11,19H,3-4,8H2,1H3,(H,17,21). The largest absolute Gasteiger partial charge is 0.378 e. The molecule has 21 heavy (non-hydrogen) atoms. The molecule has 0 bridgehead atoms. The van der Waals surface area contributed by atoms with Crippen LogP contribution in [0.5, 0.6) is 0 Å². The fourth-order valence-electron chi connectivity index (χ4n) is 2.28. The van der Waals surface area contributed by atoms with Crippen molar-refractivity contribution in [1.82, 2.24) is 14.9 Å². The number of hydrogen-bond acceptors (Lipinski definition) is 3. The van der Waals surface area contributed by atoms with Gasteiger partial charge in [0, 0.05) is 24.8 Å². The predicted octanol–water partition coefficient (Wildman–Crippen LogP) is 2.84. The number of nitrogens with one attached hydrogen (secondary N) is 2. The van der Waals surface area contributed by atoms with Crippen LogP contribution in [0.1, 0.15) is 34.9 Å². The predicted molar refractivity (Wildman–Crippen MR) is 82.7 cm³/mol. The third-order valence-electron chi connectivity index (χ3n) is 3.60. The van der Waals surface area contributed by atoms with Gasteiger partial charge in [0.1, 0.15) is 0 Å². The monoisotopic (exact) mass is 304 g/mol. The van der Waals surface area contributed by atoms with Gasteiger partial charge in [-0.2, -0.15) is 0 Å². The third-order valence-corrected chi connectivity index (χ3v) is 3.93. The van der Waals surface area contributed by atoms with Crippen molar-refractivity contribution in [2.24, 2.45) is 0 Å². The first-order chi connectivity index (χ1) is 10.2. The van der Waals surface area contributed by atoms with Crippen molar-refractivity contribution in [2.75, 3.05) is 12.4 Å². The Morgan fingerprint density at radius 3 is 3.00 bits per heavy atom. The molecule has 1 aromatic carbocycles. The molecule has 110 valence electrons. The van der Waals surface area contributed by atoms with Gasteiger partial charge in [-0.05, 0) is 31.0 Å². The van der Waals surface area contributed by atoms with Gasteiger partial charge in [-0.3, -0.25) is 4.79 Å². The molecule has 0 spiro atoms. The minimum absolute atomic E-state index is 0.127. The lowest BCUT2D eigenvalue weighted by Crippen LogP contribution is -2.18. The van der Waals surface area contributed by atoms with Crippen LogP contribution in [0.15, 0.2) is 30.7 Å². The fraction of sp³-hybridized carbons (Fsp3) is 0.333. The molecule has 1 aromatic heterocycles. The number of anilines is 1. The summed E-state index contributed by atoms with van der Waals surface area (Å²) in [7, 11) is 1.61. The van der Waals surface area contributed by atoms with Gasteiger partial charge in [0.15, 0.2) is 0 Å². The van der Waals surface area contributed by atoms with E-state index >= 15 is 0 Å². The first-order valence-corrected chi connectivity index (χ1v) is 7.33. The van der Waals surface area contributed by atoms with E-state index in [0.29, 0.717) is 23.2 Å². The first kappa shape index (κ1) is 13.9. The molecule has 2 aromatic rings. The molecule has 1 aliphatic carbocycles. The zero-order valence-electron chi connectivity index (χ0n) is 11.8. The highest BCUT2D eigenvalue weighted by atomic mass is 35.5. The summed E-state index contributed by atoms with van der Waals surface area (Å²) in [5.74, 6) is -0.127. The molecule has 1 fully saturated rings. The summed E-state index contributed by atoms with van der Waals surface area (Å²) in [5, 5.41) is 6.49. The number of amides is 1. The van der Waals surface area contributed by atoms with Crippen LogP contribution in [0, 0.1) is 0 Å². The highest BCUT2D eigenvalue weighted by molar-refractivity contribution is 6.33. The van der Waals surface area contributed by atoms with E-state index in [-0.39, 0.29) is 5.91 Å². The van der Waals surface area contributed by atoms with Gasteiger partial charge in [0.25, 0.3) is 5.91 Å². The van der Waals surface area contributed by atoms with E-state index in [1.54, 1.807) is 25.2 Å². The van der Waals surface area contributed by atoms with Crippen molar-refractivity contribution < 1.29 is 4.79 Å². The molecule has 6 heteroatoms. The van der Waals surface area contributed by atoms with Gasteiger partial charge in [0.05, 0.1) is 29.3 Å². The second kappa shape index (κ2) is 5.77. The summed E-state index contributed by atoms with van der Waals surface area (Å²) in [5.41, 5.74) is 2.46. The van der Waals surface area contributed by atoms with Crippen LogP contribution >= 0.6 is 11.6 Å². The van der Waals surface area contributed by atoms with E-state index in [4.69, 9.17) is 11.6 Å². The zero-order valence-corrected chi connectivity index (χ0v) is 12.5. The quantitative estimate of drug-likeness (QED) is 0.893. The van der Waals surface area contributed by atoms with Crippen LogP contribution in [-0.4, -0.2) is 22.5 Å². The molecule has 2 N–H and O–H groups in total. The Bertz CT molecular complexity index is 663. The molecule has 1 saturated carbocycles. The van der Waals surface area contributed by atoms with Crippen molar-refractivity contribution in [3.63, 3.8) is 0 Å². The van der Waals surface area contributed by atoms with E-state index in [0.717, 1.165) is 11.4 Å². The van der Waals surface area contributed by atoms with Crippen molar-refractivity contribution in [2.45, 2.75) is 25.4 Å². The van der Waals surface area contributed by atoms with Gasteiger partial charge in [-0.15, -0.1) is 0 Å². The lowest BCUT2D eigenvalue weighted by atomic mass is 10.2. The van der Waals surface area contributed by atoms with Crippen molar-refractivity contribution in [1.29, 1.82) is 0 Å². The molecule has 1 aliphatic rings. The van der Waals surface area contributed by atoms with Crippen LogP contribution in [0.2, 0.25) is 5.02 Å². The zero-order chi connectivity index (χ0) is 14.8. The number of halogens is 1. The normalized spacial score (nSPS) is 14.0.